The van der Waals surface area contributed by atoms with Crippen LogP contribution in [0.4, 0.5) is 0 Å². The highest BCUT2D eigenvalue weighted by molar-refractivity contribution is 5.91. The first-order valence-electron chi connectivity index (χ1n) is 7.15. The molecule has 0 aromatic heterocycles. The van der Waals surface area contributed by atoms with Gasteiger partial charge in [-0.05, 0) is 51.3 Å². The number of carbonyl (C=O) groups excluding carboxylic acids is 1. The summed E-state index contributed by atoms with van der Waals surface area (Å²) in [6, 6.07) is 0. The largest absolute Gasteiger partial charge is 0.507 e. The lowest BCUT2D eigenvalue weighted by molar-refractivity contribution is -0.126. The third-order valence-corrected chi connectivity index (χ3v) is 4.46. The number of ether oxygens (including phenoxy) is 1. The molecule has 1 atom stereocenters. The van der Waals surface area contributed by atoms with E-state index in [9.17, 15) is 9.90 Å². The van der Waals surface area contributed by atoms with Crippen molar-refractivity contribution in [3.8, 4) is 11.5 Å². The van der Waals surface area contributed by atoms with E-state index < -0.39 is 5.60 Å². The highest BCUT2D eigenvalue weighted by Crippen LogP contribution is 2.52. The Hall–Kier alpha value is -1.51. The van der Waals surface area contributed by atoms with Crippen LogP contribution in [0, 0.1) is 26.7 Å². The maximum atomic E-state index is 12.6. The zero-order valence-electron chi connectivity index (χ0n) is 13.4. The lowest BCUT2D eigenvalue weighted by atomic mass is 9.77. The maximum Gasteiger partial charge on any atom is 0.147 e. The Labute approximate surface area is 121 Å². The van der Waals surface area contributed by atoms with Gasteiger partial charge in [0, 0.05) is 11.5 Å². The number of phenols is 1. The zero-order chi connectivity index (χ0) is 15.4. The number of rotatable bonds is 2. The highest BCUT2D eigenvalue weighted by atomic mass is 16.5. The van der Waals surface area contributed by atoms with E-state index in [4.69, 9.17) is 4.74 Å². The Morgan fingerprint density at radius 1 is 1.15 bits per heavy atom. The molecule has 0 aliphatic carbocycles. The molecule has 0 spiro atoms. The molecule has 1 aromatic carbocycles. The van der Waals surface area contributed by atoms with Gasteiger partial charge in [-0.25, -0.2) is 0 Å². The molecule has 20 heavy (non-hydrogen) atoms. The second kappa shape index (κ2) is 4.51. The summed E-state index contributed by atoms with van der Waals surface area (Å²) in [6.45, 7) is 13.4. The first-order valence-corrected chi connectivity index (χ1v) is 7.15. The fourth-order valence-electron chi connectivity index (χ4n) is 3.10. The van der Waals surface area contributed by atoms with Crippen LogP contribution in [0.25, 0.3) is 0 Å². The van der Waals surface area contributed by atoms with Crippen LogP contribution < -0.4 is 4.74 Å². The number of hydrogen-bond donors (Lipinski definition) is 1. The number of carbonyl (C=O) groups is 1. The molecule has 1 heterocycles. The Balaban J connectivity index is 2.75. The van der Waals surface area contributed by atoms with E-state index in [0.29, 0.717) is 0 Å². The van der Waals surface area contributed by atoms with Gasteiger partial charge in [0.15, 0.2) is 0 Å². The van der Waals surface area contributed by atoms with E-state index in [1.807, 2.05) is 48.5 Å². The molecule has 0 radical (unpaired) electrons. The van der Waals surface area contributed by atoms with Crippen LogP contribution in [0.15, 0.2) is 0 Å². The average molecular weight is 276 g/mol. The Morgan fingerprint density at radius 2 is 1.70 bits per heavy atom. The minimum Gasteiger partial charge on any atom is -0.507 e. The molecular weight excluding hydrogens is 252 g/mol. The molecule has 1 aliphatic heterocycles. The van der Waals surface area contributed by atoms with Crippen molar-refractivity contribution in [2.75, 3.05) is 0 Å². The standard InChI is InChI=1S/C17H24O3/c1-8(2)14(18)13-12-11(5)15(19)9(3)10(4)16(12)20-17(13,6)7/h8,13,19H,1-7H3/t13-/m1/s1. The van der Waals surface area contributed by atoms with Crippen molar-refractivity contribution in [2.45, 2.75) is 60.0 Å². The Bertz CT molecular complexity index is 583. The molecule has 0 amide bonds. The summed E-state index contributed by atoms with van der Waals surface area (Å²) in [7, 11) is 0. The van der Waals surface area contributed by atoms with Crippen molar-refractivity contribution < 1.29 is 14.6 Å². The quantitative estimate of drug-likeness (QED) is 0.893. The molecule has 0 saturated heterocycles. The van der Waals surface area contributed by atoms with Gasteiger partial charge in [-0.3, -0.25) is 4.79 Å². The molecule has 1 aromatic rings. The summed E-state index contributed by atoms with van der Waals surface area (Å²) in [5.74, 6) is 0.852. The first-order chi connectivity index (χ1) is 9.09. The van der Waals surface area contributed by atoms with Crippen LogP contribution >= 0.6 is 0 Å². The Kier molecular flexibility index (Phi) is 3.35. The van der Waals surface area contributed by atoms with Crippen molar-refractivity contribution in [1.82, 2.24) is 0 Å². The molecule has 3 nitrogen and oxygen atoms in total. The summed E-state index contributed by atoms with van der Waals surface area (Å²) in [4.78, 5) is 12.6. The highest BCUT2D eigenvalue weighted by Gasteiger charge is 2.48. The van der Waals surface area contributed by atoms with Crippen molar-refractivity contribution in [3.63, 3.8) is 0 Å². The summed E-state index contributed by atoms with van der Waals surface area (Å²) in [6.07, 6.45) is 0. The average Bonchev–Trinajstić information content (AvgIpc) is 2.64. The molecule has 1 N–H and O–H groups in total. The summed E-state index contributed by atoms with van der Waals surface area (Å²) in [5.41, 5.74) is 2.83. The zero-order valence-corrected chi connectivity index (χ0v) is 13.4. The molecule has 0 saturated carbocycles. The fourth-order valence-corrected chi connectivity index (χ4v) is 3.10. The molecule has 2 rings (SSSR count). The topological polar surface area (TPSA) is 46.5 Å². The number of aromatic hydroxyl groups is 1. The lowest BCUT2D eigenvalue weighted by Crippen LogP contribution is -2.37. The van der Waals surface area contributed by atoms with E-state index in [2.05, 4.69) is 0 Å². The number of fused-ring (bicyclic) bond motifs is 1. The molecule has 0 bridgehead atoms. The van der Waals surface area contributed by atoms with E-state index >= 15 is 0 Å². The minimum atomic E-state index is -0.570. The van der Waals surface area contributed by atoms with Gasteiger partial charge in [0.05, 0.1) is 5.92 Å². The molecule has 0 unspecified atom stereocenters. The SMILES string of the molecule is Cc1c(C)c2c(c(C)c1O)[C@H](C(=O)C(C)C)C(C)(C)O2. The molecule has 3 heteroatoms. The number of benzene rings is 1. The van der Waals surface area contributed by atoms with Crippen LogP contribution in [0.2, 0.25) is 0 Å². The van der Waals surface area contributed by atoms with Crippen LogP contribution in [-0.4, -0.2) is 16.5 Å². The van der Waals surface area contributed by atoms with E-state index in [1.54, 1.807) is 0 Å². The van der Waals surface area contributed by atoms with Crippen molar-refractivity contribution >= 4 is 5.78 Å². The van der Waals surface area contributed by atoms with Crippen LogP contribution in [0.3, 0.4) is 0 Å². The summed E-state index contributed by atoms with van der Waals surface area (Å²) >= 11 is 0. The minimum absolute atomic E-state index is 0.0584. The third kappa shape index (κ3) is 1.91. The second-order valence-electron chi connectivity index (χ2n) is 6.66. The summed E-state index contributed by atoms with van der Waals surface area (Å²) in [5, 5.41) is 10.3. The molecule has 110 valence electrons. The van der Waals surface area contributed by atoms with Gasteiger partial charge in [-0.15, -0.1) is 0 Å². The van der Waals surface area contributed by atoms with Crippen molar-refractivity contribution in [3.05, 3.63) is 22.3 Å². The number of phenolic OH excluding ortho intramolecular Hbond substituents is 1. The Morgan fingerprint density at radius 3 is 2.20 bits per heavy atom. The first kappa shape index (κ1) is 14.9. The number of ketones is 1. The monoisotopic (exact) mass is 276 g/mol. The van der Waals surface area contributed by atoms with E-state index in [0.717, 1.165) is 28.0 Å². The van der Waals surface area contributed by atoms with Crippen LogP contribution in [0.1, 0.15) is 55.9 Å². The molecule has 0 fully saturated rings. The van der Waals surface area contributed by atoms with Gasteiger partial charge in [0.2, 0.25) is 0 Å². The fraction of sp³-hybridized carbons (Fsp3) is 0.588. The van der Waals surface area contributed by atoms with Crippen molar-refractivity contribution in [2.24, 2.45) is 5.92 Å². The number of hydrogen-bond acceptors (Lipinski definition) is 3. The van der Waals surface area contributed by atoms with Gasteiger partial charge >= 0.3 is 0 Å². The summed E-state index contributed by atoms with van der Waals surface area (Å²) < 4.78 is 6.09. The predicted octanol–water partition coefficient (Wildman–Crippen LogP) is 3.80. The van der Waals surface area contributed by atoms with Gasteiger partial charge in [-0.1, -0.05) is 13.8 Å². The number of Topliss-reactive ketones (excluding diaryl/α,β-unsaturated/α-hetero) is 1. The van der Waals surface area contributed by atoms with Crippen LogP contribution in [-0.2, 0) is 4.79 Å². The van der Waals surface area contributed by atoms with Gasteiger partial charge in [-0.2, -0.15) is 0 Å². The molecular formula is C17H24O3. The predicted molar refractivity (Wildman–Crippen MR) is 79.6 cm³/mol. The lowest BCUT2D eigenvalue weighted by Gasteiger charge is -2.27. The third-order valence-electron chi connectivity index (χ3n) is 4.46. The van der Waals surface area contributed by atoms with Gasteiger partial charge < -0.3 is 9.84 Å². The van der Waals surface area contributed by atoms with E-state index in [1.165, 1.54) is 0 Å². The van der Waals surface area contributed by atoms with Crippen molar-refractivity contribution in [1.29, 1.82) is 0 Å². The smallest absolute Gasteiger partial charge is 0.147 e. The van der Waals surface area contributed by atoms with Gasteiger partial charge in [0.25, 0.3) is 0 Å². The van der Waals surface area contributed by atoms with E-state index in [-0.39, 0.29) is 23.4 Å². The second-order valence-corrected chi connectivity index (χ2v) is 6.66. The normalized spacial score (nSPS) is 19.9. The maximum absolute atomic E-state index is 12.6. The van der Waals surface area contributed by atoms with Crippen LogP contribution in [0.5, 0.6) is 11.5 Å². The van der Waals surface area contributed by atoms with Gasteiger partial charge in [0.1, 0.15) is 22.9 Å². The molecule has 1 aliphatic rings.